The lowest BCUT2D eigenvalue weighted by atomic mass is 9.86. The molecule has 1 saturated heterocycles. The number of hydrogen-bond donors (Lipinski definition) is 0. The van der Waals surface area contributed by atoms with Crippen LogP contribution >= 0.6 is 0 Å². The molecule has 1 unspecified atom stereocenters. The average molecular weight is 251 g/mol. The van der Waals surface area contributed by atoms with Gasteiger partial charge < -0.3 is 4.90 Å². The van der Waals surface area contributed by atoms with Crippen LogP contribution in [0.4, 0.5) is 13.2 Å². The van der Waals surface area contributed by atoms with E-state index in [2.05, 4.69) is 0 Å². The molecule has 100 valence electrons. The molecule has 0 aliphatic carbocycles. The van der Waals surface area contributed by atoms with Gasteiger partial charge in [-0.05, 0) is 20.3 Å². The van der Waals surface area contributed by atoms with Gasteiger partial charge in [0, 0.05) is 17.5 Å². The van der Waals surface area contributed by atoms with Crippen molar-refractivity contribution in [1.29, 1.82) is 0 Å². The number of carbonyl (C=O) groups is 1. The summed E-state index contributed by atoms with van der Waals surface area (Å²) in [5, 5.41) is 0. The van der Waals surface area contributed by atoms with Crippen molar-refractivity contribution in [3.63, 3.8) is 0 Å². The van der Waals surface area contributed by atoms with Gasteiger partial charge in [-0.25, -0.2) is 0 Å². The highest BCUT2D eigenvalue weighted by molar-refractivity contribution is 5.82. The second-order valence-electron chi connectivity index (χ2n) is 6.24. The summed E-state index contributed by atoms with van der Waals surface area (Å²) in [4.78, 5) is 13.5. The Bertz CT molecular complexity index is 315. The molecule has 0 N–H and O–H groups in total. The number of likely N-dealkylation sites (tertiary alicyclic amines) is 1. The molecule has 0 bridgehead atoms. The van der Waals surface area contributed by atoms with Crippen molar-refractivity contribution in [3.8, 4) is 0 Å². The van der Waals surface area contributed by atoms with Crippen LogP contribution in [0.2, 0.25) is 0 Å². The zero-order valence-electron chi connectivity index (χ0n) is 11.0. The molecule has 0 aromatic carbocycles. The van der Waals surface area contributed by atoms with Gasteiger partial charge in [0.2, 0.25) is 5.91 Å². The number of nitrogens with zero attached hydrogens (tertiary/aromatic N) is 1. The zero-order valence-corrected chi connectivity index (χ0v) is 11.0. The van der Waals surface area contributed by atoms with Crippen LogP contribution in [-0.2, 0) is 4.79 Å². The Morgan fingerprint density at radius 1 is 1.24 bits per heavy atom. The van der Waals surface area contributed by atoms with Gasteiger partial charge >= 0.3 is 6.18 Å². The first-order chi connectivity index (χ1) is 7.38. The molecule has 1 aliphatic rings. The van der Waals surface area contributed by atoms with Crippen LogP contribution in [-0.4, -0.2) is 29.1 Å². The maximum Gasteiger partial charge on any atom is 0.394 e. The third-order valence-electron chi connectivity index (χ3n) is 3.47. The molecular formula is C12H20F3NO. The highest BCUT2D eigenvalue weighted by Gasteiger charge is 2.56. The minimum Gasteiger partial charge on any atom is -0.336 e. The van der Waals surface area contributed by atoms with Crippen LogP contribution < -0.4 is 0 Å². The van der Waals surface area contributed by atoms with Crippen LogP contribution in [0.5, 0.6) is 0 Å². The normalized spacial score (nSPS) is 25.2. The summed E-state index contributed by atoms with van der Waals surface area (Å²) in [6, 6.07) is 0. The van der Waals surface area contributed by atoms with Crippen LogP contribution in [0.3, 0.4) is 0 Å². The van der Waals surface area contributed by atoms with Gasteiger partial charge in [0.15, 0.2) is 0 Å². The van der Waals surface area contributed by atoms with Crippen molar-refractivity contribution in [1.82, 2.24) is 4.90 Å². The van der Waals surface area contributed by atoms with E-state index >= 15 is 0 Å². The minimum atomic E-state index is -4.24. The van der Waals surface area contributed by atoms with E-state index in [-0.39, 0.29) is 18.9 Å². The molecule has 0 saturated carbocycles. The third kappa shape index (κ3) is 2.58. The topological polar surface area (TPSA) is 20.3 Å². The number of halogens is 3. The van der Waals surface area contributed by atoms with Gasteiger partial charge in [-0.3, -0.25) is 4.79 Å². The van der Waals surface area contributed by atoms with E-state index in [0.29, 0.717) is 0 Å². The Morgan fingerprint density at radius 2 is 1.71 bits per heavy atom. The molecule has 0 radical (unpaired) electrons. The molecule has 17 heavy (non-hydrogen) atoms. The van der Waals surface area contributed by atoms with Gasteiger partial charge in [0.25, 0.3) is 0 Å². The SMILES string of the molecule is CC(C)(C)C(=O)N1CCC(C(F)(F)F)C1(C)C. The van der Waals surface area contributed by atoms with E-state index in [1.165, 1.54) is 18.7 Å². The number of carbonyl (C=O) groups excluding carboxylic acids is 1. The lowest BCUT2D eigenvalue weighted by molar-refractivity contribution is -0.193. The molecule has 1 rings (SSSR count). The Morgan fingerprint density at radius 3 is 2.00 bits per heavy atom. The van der Waals surface area contributed by atoms with Crippen LogP contribution in [0, 0.1) is 11.3 Å². The predicted molar refractivity (Wildman–Crippen MR) is 59.4 cm³/mol. The van der Waals surface area contributed by atoms with Gasteiger partial charge in [-0.2, -0.15) is 13.2 Å². The zero-order chi connectivity index (χ0) is 13.6. The molecule has 2 nitrogen and oxygen atoms in total. The lowest BCUT2D eigenvalue weighted by Gasteiger charge is -2.39. The van der Waals surface area contributed by atoms with Crippen LogP contribution in [0.25, 0.3) is 0 Å². The van der Waals surface area contributed by atoms with E-state index in [1.807, 2.05) is 0 Å². The summed E-state index contributed by atoms with van der Waals surface area (Å²) in [6.07, 6.45) is -4.24. The standard InChI is InChI=1S/C12H20F3NO/c1-10(2,3)9(17)16-7-6-8(11(16,4)5)12(13,14)15/h8H,6-7H2,1-5H3. The number of hydrogen-bond acceptors (Lipinski definition) is 1. The van der Waals surface area contributed by atoms with E-state index in [9.17, 15) is 18.0 Å². The van der Waals surface area contributed by atoms with Gasteiger partial charge in [0.05, 0.1) is 5.92 Å². The first-order valence-electron chi connectivity index (χ1n) is 5.77. The van der Waals surface area contributed by atoms with Gasteiger partial charge in [-0.1, -0.05) is 20.8 Å². The molecule has 5 heteroatoms. The number of rotatable bonds is 0. The van der Waals surface area contributed by atoms with E-state index in [1.54, 1.807) is 20.8 Å². The van der Waals surface area contributed by atoms with Crippen molar-refractivity contribution in [2.75, 3.05) is 6.54 Å². The summed E-state index contributed by atoms with van der Waals surface area (Å²) in [5.74, 6) is -1.64. The molecule has 0 aromatic heterocycles. The van der Waals surface area contributed by atoms with Crippen molar-refractivity contribution in [2.24, 2.45) is 11.3 Å². The van der Waals surface area contributed by atoms with Crippen molar-refractivity contribution in [3.05, 3.63) is 0 Å². The second-order valence-corrected chi connectivity index (χ2v) is 6.24. The quantitative estimate of drug-likeness (QED) is 0.647. The van der Waals surface area contributed by atoms with Crippen molar-refractivity contribution >= 4 is 5.91 Å². The van der Waals surface area contributed by atoms with Crippen LogP contribution in [0.15, 0.2) is 0 Å². The summed E-state index contributed by atoms with van der Waals surface area (Å²) < 4.78 is 38.6. The first kappa shape index (κ1) is 14.3. The molecule has 1 heterocycles. The fourth-order valence-electron chi connectivity index (χ4n) is 2.42. The first-order valence-corrected chi connectivity index (χ1v) is 5.77. The second kappa shape index (κ2) is 3.89. The summed E-state index contributed by atoms with van der Waals surface area (Å²) in [7, 11) is 0. The Balaban J connectivity index is 2.98. The van der Waals surface area contributed by atoms with E-state index < -0.39 is 23.0 Å². The minimum absolute atomic E-state index is 0.00167. The Hall–Kier alpha value is -0.740. The Labute approximate surface area is 100 Å². The smallest absolute Gasteiger partial charge is 0.336 e. The Kier molecular flexibility index (Phi) is 3.27. The highest BCUT2D eigenvalue weighted by Crippen LogP contribution is 2.45. The largest absolute Gasteiger partial charge is 0.394 e. The fraction of sp³-hybridized carbons (Fsp3) is 0.917. The number of amides is 1. The number of alkyl halides is 3. The van der Waals surface area contributed by atoms with E-state index in [4.69, 9.17) is 0 Å². The third-order valence-corrected chi connectivity index (χ3v) is 3.47. The lowest BCUT2D eigenvalue weighted by Crippen LogP contribution is -2.52. The highest BCUT2D eigenvalue weighted by atomic mass is 19.4. The fourth-order valence-corrected chi connectivity index (χ4v) is 2.42. The van der Waals surface area contributed by atoms with Gasteiger partial charge in [-0.15, -0.1) is 0 Å². The van der Waals surface area contributed by atoms with Gasteiger partial charge in [0.1, 0.15) is 0 Å². The molecule has 1 amide bonds. The van der Waals surface area contributed by atoms with Crippen molar-refractivity contribution < 1.29 is 18.0 Å². The molecule has 1 aliphatic heterocycles. The maximum atomic E-state index is 12.9. The molecule has 1 atom stereocenters. The summed E-state index contributed by atoms with van der Waals surface area (Å²) in [6.45, 7) is 8.38. The monoisotopic (exact) mass is 251 g/mol. The summed E-state index contributed by atoms with van der Waals surface area (Å²) in [5.41, 5.74) is -1.79. The molecule has 0 spiro atoms. The maximum absolute atomic E-state index is 12.9. The predicted octanol–water partition coefficient (Wildman–Crippen LogP) is 3.22. The molecule has 0 aromatic rings. The molecule has 1 fully saturated rings. The molecular weight excluding hydrogens is 231 g/mol. The van der Waals surface area contributed by atoms with Crippen LogP contribution in [0.1, 0.15) is 41.0 Å². The average Bonchev–Trinajstić information content (AvgIpc) is 2.36. The van der Waals surface area contributed by atoms with E-state index in [0.717, 1.165) is 0 Å². The summed E-state index contributed by atoms with van der Waals surface area (Å²) >= 11 is 0. The van der Waals surface area contributed by atoms with Crippen molar-refractivity contribution in [2.45, 2.75) is 52.8 Å².